The fourth-order valence-electron chi connectivity index (χ4n) is 1.73. The summed E-state index contributed by atoms with van der Waals surface area (Å²) in [5.74, 6) is 0.327. The lowest BCUT2D eigenvalue weighted by atomic mass is 10.2. The first-order chi connectivity index (χ1) is 6.77. The minimum atomic E-state index is 0.327. The van der Waals surface area contributed by atoms with Gasteiger partial charge >= 0.3 is 0 Å². The van der Waals surface area contributed by atoms with Crippen molar-refractivity contribution in [1.29, 1.82) is 0 Å². The van der Waals surface area contributed by atoms with Gasteiger partial charge in [-0.2, -0.15) is 0 Å². The van der Waals surface area contributed by atoms with Crippen LogP contribution in [0.3, 0.4) is 0 Å². The predicted octanol–water partition coefficient (Wildman–Crippen LogP) is 2.05. The fraction of sp³-hybridized carbons (Fsp3) is 0.364. The Kier molecular flexibility index (Phi) is 2.23. The molecule has 0 unspecified atom stereocenters. The van der Waals surface area contributed by atoms with Gasteiger partial charge in [0.1, 0.15) is 11.4 Å². The number of hydrogen-bond acceptors (Lipinski definition) is 3. The highest BCUT2D eigenvalue weighted by Crippen LogP contribution is 2.43. The van der Waals surface area contributed by atoms with Crippen molar-refractivity contribution in [2.24, 2.45) is 0 Å². The van der Waals surface area contributed by atoms with E-state index in [1.165, 1.54) is 0 Å². The molecule has 14 heavy (non-hydrogen) atoms. The fourth-order valence-corrected chi connectivity index (χ4v) is 1.73. The normalized spacial score (nSPS) is 14.7. The molecule has 1 aromatic carbocycles. The van der Waals surface area contributed by atoms with Gasteiger partial charge in [-0.1, -0.05) is 6.07 Å². The van der Waals surface area contributed by atoms with E-state index >= 15 is 0 Å². The number of fused-ring (bicyclic) bond motifs is 1. The highest BCUT2D eigenvalue weighted by atomic mass is 16.3. The summed E-state index contributed by atoms with van der Waals surface area (Å²) in [6, 6.07) is 5.57. The van der Waals surface area contributed by atoms with Crippen molar-refractivity contribution in [2.75, 3.05) is 22.9 Å². The number of rotatable bonds is 2. The highest BCUT2D eigenvalue weighted by molar-refractivity contribution is 5.83. The van der Waals surface area contributed by atoms with Crippen LogP contribution in [0.25, 0.3) is 0 Å². The first kappa shape index (κ1) is 9.19. The molecule has 0 spiro atoms. The summed E-state index contributed by atoms with van der Waals surface area (Å²) >= 11 is 0. The first-order valence-corrected chi connectivity index (χ1v) is 4.91. The number of anilines is 2. The number of phenolic OH excluding ortho intramolecular Hbond substituents is 1. The second kappa shape index (κ2) is 3.40. The van der Waals surface area contributed by atoms with Crippen LogP contribution in [0.1, 0.15) is 13.8 Å². The average molecular weight is 190 g/mol. The van der Waals surface area contributed by atoms with Crippen LogP contribution in [0.5, 0.6) is 5.75 Å². The number of hydrogen-bond donors (Lipinski definition) is 1. The van der Waals surface area contributed by atoms with Crippen LogP contribution in [0, 0.1) is 6.67 Å². The van der Waals surface area contributed by atoms with Crippen LogP contribution in [0.4, 0.5) is 11.4 Å². The van der Waals surface area contributed by atoms with Gasteiger partial charge in [0.2, 0.25) is 6.67 Å². The van der Waals surface area contributed by atoms with Gasteiger partial charge in [0, 0.05) is 13.1 Å². The van der Waals surface area contributed by atoms with Crippen molar-refractivity contribution < 1.29 is 5.11 Å². The molecular weight excluding hydrogens is 176 g/mol. The molecule has 0 amide bonds. The molecule has 2 rings (SSSR count). The molecule has 3 nitrogen and oxygen atoms in total. The summed E-state index contributed by atoms with van der Waals surface area (Å²) in [5, 5.41) is 9.74. The van der Waals surface area contributed by atoms with Gasteiger partial charge in [0.15, 0.2) is 0 Å². The summed E-state index contributed by atoms with van der Waals surface area (Å²) < 4.78 is 0. The summed E-state index contributed by atoms with van der Waals surface area (Å²) in [6.07, 6.45) is 0. The lowest BCUT2D eigenvalue weighted by molar-refractivity contribution is 0.476. The Morgan fingerprint density at radius 2 is 1.93 bits per heavy atom. The van der Waals surface area contributed by atoms with Crippen LogP contribution in [-0.2, 0) is 0 Å². The van der Waals surface area contributed by atoms with E-state index in [0.29, 0.717) is 5.75 Å². The molecule has 0 fully saturated rings. The van der Waals surface area contributed by atoms with Gasteiger partial charge in [0.25, 0.3) is 0 Å². The summed E-state index contributed by atoms with van der Waals surface area (Å²) in [7, 11) is 0. The van der Waals surface area contributed by atoms with Crippen molar-refractivity contribution in [3.8, 4) is 5.75 Å². The zero-order valence-electron chi connectivity index (χ0n) is 8.49. The van der Waals surface area contributed by atoms with Crippen LogP contribution in [0.2, 0.25) is 0 Å². The lowest BCUT2D eigenvalue weighted by Gasteiger charge is -2.15. The largest absolute Gasteiger partial charge is 0.506 e. The third-order valence-corrected chi connectivity index (χ3v) is 2.43. The van der Waals surface area contributed by atoms with Crippen molar-refractivity contribution >= 4 is 11.4 Å². The zero-order valence-corrected chi connectivity index (χ0v) is 8.49. The Hall–Kier alpha value is -1.38. The Morgan fingerprint density at radius 3 is 2.57 bits per heavy atom. The second-order valence-electron chi connectivity index (χ2n) is 3.23. The number of benzene rings is 1. The van der Waals surface area contributed by atoms with Crippen molar-refractivity contribution in [2.45, 2.75) is 13.8 Å². The molecule has 2 radical (unpaired) electrons. The minimum absolute atomic E-state index is 0.327. The Bertz CT molecular complexity index is 338. The van der Waals surface area contributed by atoms with Crippen LogP contribution in [0.15, 0.2) is 18.2 Å². The molecule has 0 saturated carbocycles. The van der Waals surface area contributed by atoms with Crippen LogP contribution in [-0.4, -0.2) is 18.2 Å². The predicted molar refractivity (Wildman–Crippen MR) is 57.4 cm³/mol. The van der Waals surface area contributed by atoms with Crippen molar-refractivity contribution in [3.63, 3.8) is 0 Å². The third kappa shape index (κ3) is 1.20. The number of phenols is 1. The Morgan fingerprint density at radius 1 is 1.21 bits per heavy atom. The number of nitrogens with zero attached hydrogens (tertiary/aromatic N) is 2. The zero-order chi connectivity index (χ0) is 10.1. The number of para-hydroxylation sites is 1. The molecular formula is C11H14N2O. The maximum atomic E-state index is 9.74. The van der Waals surface area contributed by atoms with Gasteiger partial charge in [-0.25, -0.2) is 0 Å². The van der Waals surface area contributed by atoms with E-state index in [4.69, 9.17) is 0 Å². The van der Waals surface area contributed by atoms with Gasteiger partial charge < -0.3 is 14.9 Å². The molecule has 1 aliphatic rings. The van der Waals surface area contributed by atoms with Gasteiger partial charge in [-0.3, -0.25) is 0 Å². The van der Waals surface area contributed by atoms with E-state index in [1.54, 1.807) is 6.07 Å². The standard InChI is InChI=1S/C11H14N2O/c1-3-12-8-13(4-2)11-9(12)6-5-7-10(11)14/h5-7,14H,3-4H2,1-2H3. The third-order valence-electron chi connectivity index (χ3n) is 2.43. The molecule has 0 bridgehead atoms. The van der Waals surface area contributed by atoms with Crippen LogP contribution >= 0.6 is 0 Å². The maximum Gasteiger partial charge on any atom is 0.208 e. The van der Waals surface area contributed by atoms with Gasteiger partial charge in [-0.05, 0) is 26.0 Å². The van der Waals surface area contributed by atoms with E-state index in [1.807, 2.05) is 28.9 Å². The van der Waals surface area contributed by atoms with Crippen molar-refractivity contribution in [1.82, 2.24) is 0 Å². The molecule has 1 aliphatic heterocycles. The summed E-state index contributed by atoms with van der Waals surface area (Å²) in [4.78, 5) is 3.95. The topological polar surface area (TPSA) is 26.7 Å². The van der Waals surface area contributed by atoms with Gasteiger partial charge in [-0.15, -0.1) is 0 Å². The van der Waals surface area contributed by atoms with E-state index in [9.17, 15) is 5.11 Å². The van der Waals surface area contributed by atoms with E-state index in [0.717, 1.165) is 24.5 Å². The molecule has 0 atom stereocenters. The molecule has 0 aromatic heterocycles. The monoisotopic (exact) mass is 190 g/mol. The van der Waals surface area contributed by atoms with E-state index in [-0.39, 0.29) is 0 Å². The maximum absolute atomic E-state index is 9.74. The minimum Gasteiger partial charge on any atom is -0.506 e. The first-order valence-electron chi connectivity index (χ1n) is 4.91. The molecule has 0 saturated heterocycles. The molecule has 0 aliphatic carbocycles. The Balaban J connectivity index is 2.47. The SMILES string of the molecule is CCN1[C]N(CC)c2c(O)cccc21. The molecule has 74 valence electrons. The smallest absolute Gasteiger partial charge is 0.208 e. The molecule has 1 N–H and O–H groups in total. The number of aromatic hydroxyl groups is 1. The molecule has 1 aromatic rings. The second-order valence-corrected chi connectivity index (χ2v) is 3.23. The van der Waals surface area contributed by atoms with Crippen molar-refractivity contribution in [3.05, 3.63) is 24.9 Å². The van der Waals surface area contributed by atoms with Crippen LogP contribution < -0.4 is 9.80 Å². The van der Waals surface area contributed by atoms with E-state index < -0.39 is 0 Å². The summed E-state index contributed by atoms with van der Waals surface area (Å²) in [6.45, 7) is 9.01. The lowest BCUT2D eigenvalue weighted by Crippen LogP contribution is -2.24. The average Bonchev–Trinajstić information content (AvgIpc) is 2.57. The summed E-state index contributed by atoms with van der Waals surface area (Å²) in [5.41, 5.74) is 1.91. The highest BCUT2D eigenvalue weighted by Gasteiger charge is 2.27. The quantitative estimate of drug-likeness (QED) is 0.773. The molecule has 1 heterocycles. The Labute approximate surface area is 84.6 Å². The van der Waals surface area contributed by atoms with Gasteiger partial charge in [0.05, 0.1) is 5.69 Å². The van der Waals surface area contributed by atoms with E-state index in [2.05, 4.69) is 13.6 Å². The molecule has 3 heteroatoms.